The minimum Gasteiger partial charge on any atom is -0.450 e. The fourth-order valence-electron chi connectivity index (χ4n) is 4.29. The summed E-state index contributed by atoms with van der Waals surface area (Å²) < 4.78 is 7.21. The summed E-state index contributed by atoms with van der Waals surface area (Å²) in [4.78, 5) is 37.5. The lowest BCUT2D eigenvalue weighted by atomic mass is 10.2. The quantitative estimate of drug-likeness (QED) is 0.707. The van der Waals surface area contributed by atoms with Gasteiger partial charge in [0.1, 0.15) is 5.82 Å². The number of aromatic nitrogens is 2. The molecule has 2 saturated heterocycles. The Morgan fingerprint density at radius 3 is 2.26 bits per heavy atom. The lowest BCUT2D eigenvalue weighted by molar-refractivity contribution is -0.134. The number of piperazine rings is 2. The highest BCUT2D eigenvalue weighted by molar-refractivity contribution is 5.79. The van der Waals surface area contributed by atoms with Gasteiger partial charge in [0.15, 0.2) is 0 Å². The first kappa shape index (κ1) is 21.6. The third kappa shape index (κ3) is 4.99. The van der Waals surface area contributed by atoms with Gasteiger partial charge in [-0.2, -0.15) is 0 Å². The Bertz CT molecular complexity index is 913. The average Bonchev–Trinajstić information content (AvgIpc) is 3.11. The minimum atomic E-state index is -0.286. The van der Waals surface area contributed by atoms with Crippen LogP contribution in [0.3, 0.4) is 0 Å². The third-order valence-electron chi connectivity index (χ3n) is 6.23. The molecule has 2 aromatic rings. The maximum Gasteiger partial charge on any atom is 0.409 e. The Hall–Kier alpha value is -2.65. The van der Waals surface area contributed by atoms with Crippen molar-refractivity contribution < 1.29 is 14.3 Å². The molecule has 0 bridgehead atoms. The van der Waals surface area contributed by atoms with Gasteiger partial charge in [-0.25, -0.2) is 9.78 Å². The van der Waals surface area contributed by atoms with Crippen LogP contribution in [0.4, 0.5) is 4.79 Å². The fourth-order valence-corrected chi connectivity index (χ4v) is 4.29. The standard InChI is InChI=1S/C22H32N6O3/c1-3-31-22(30)28-14-12-27(13-15-28)21(29)17-26-10-8-25(9-11-26)16-20-23-18-6-4-5-7-19(18)24(20)2/h4-7H,3,8-17H2,1-2H3. The van der Waals surface area contributed by atoms with Crippen molar-refractivity contribution in [3.05, 3.63) is 30.1 Å². The number of carbonyl (C=O) groups excluding carboxylic acids is 2. The molecule has 0 radical (unpaired) electrons. The molecular weight excluding hydrogens is 396 g/mol. The Labute approximate surface area is 183 Å². The first-order chi connectivity index (χ1) is 15.0. The van der Waals surface area contributed by atoms with E-state index in [0.717, 1.165) is 49.6 Å². The molecule has 2 fully saturated rings. The highest BCUT2D eigenvalue weighted by atomic mass is 16.6. The molecule has 0 unspecified atom stereocenters. The number of imidazole rings is 1. The van der Waals surface area contributed by atoms with Crippen LogP contribution in [0.25, 0.3) is 11.0 Å². The number of nitrogens with zero attached hydrogens (tertiary/aromatic N) is 6. The topological polar surface area (TPSA) is 74.2 Å². The van der Waals surface area contributed by atoms with E-state index in [1.807, 2.05) is 17.0 Å². The number of hydrogen-bond acceptors (Lipinski definition) is 6. The highest BCUT2D eigenvalue weighted by Crippen LogP contribution is 2.16. The molecule has 168 valence electrons. The van der Waals surface area contributed by atoms with Gasteiger partial charge in [0, 0.05) is 59.4 Å². The summed E-state index contributed by atoms with van der Waals surface area (Å²) in [6, 6.07) is 8.21. The number of aryl methyl sites for hydroxylation is 1. The van der Waals surface area contributed by atoms with Crippen LogP contribution in [0.2, 0.25) is 0 Å². The second-order valence-corrected chi connectivity index (χ2v) is 8.19. The van der Waals surface area contributed by atoms with Gasteiger partial charge in [-0.05, 0) is 19.1 Å². The van der Waals surface area contributed by atoms with Gasteiger partial charge in [0.05, 0.1) is 30.7 Å². The van der Waals surface area contributed by atoms with Gasteiger partial charge in [-0.3, -0.25) is 14.6 Å². The number of hydrogen-bond donors (Lipinski definition) is 0. The average molecular weight is 429 g/mol. The van der Waals surface area contributed by atoms with Crippen molar-refractivity contribution in [3.63, 3.8) is 0 Å². The van der Waals surface area contributed by atoms with Crippen molar-refractivity contribution in [2.24, 2.45) is 7.05 Å². The molecule has 0 saturated carbocycles. The second kappa shape index (κ2) is 9.65. The van der Waals surface area contributed by atoms with Gasteiger partial charge in [-0.15, -0.1) is 0 Å². The Morgan fingerprint density at radius 2 is 1.58 bits per heavy atom. The fraction of sp³-hybridized carbons (Fsp3) is 0.591. The molecule has 0 atom stereocenters. The molecule has 31 heavy (non-hydrogen) atoms. The summed E-state index contributed by atoms with van der Waals surface area (Å²) in [6.07, 6.45) is -0.286. The number of carbonyl (C=O) groups is 2. The predicted molar refractivity (Wildman–Crippen MR) is 118 cm³/mol. The largest absolute Gasteiger partial charge is 0.450 e. The SMILES string of the molecule is CCOC(=O)N1CCN(C(=O)CN2CCN(Cc3nc4ccccc4n3C)CC2)CC1. The number of benzene rings is 1. The summed E-state index contributed by atoms with van der Waals surface area (Å²) in [6.45, 7) is 9.26. The van der Waals surface area contributed by atoms with Gasteiger partial charge in [0.2, 0.25) is 5.91 Å². The molecule has 2 aliphatic rings. The van der Waals surface area contributed by atoms with Crippen molar-refractivity contribution in [1.29, 1.82) is 0 Å². The van der Waals surface area contributed by atoms with Crippen LogP contribution in [0, 0.1) is 0 Å². The third-order valence-corrected chi connectivity index (χ3v) is 6.23. The van der Waals surface area contributed by atoms with Crippen LogP contribution < -0.4 is 0 Å². The molecule has 0 spiro atoms. The van der Waals surface area contributed by atoms with E-state index in [4.69, 9.17) is 9.72 Å². The molecule has 9 heteroatoms. The van der Waals surface area contributed by atoms with E-state index in [9.17, 15) is 9.59 Å². The molecule has 9 nitrogen and oxygen atoms in total. The van der Waals surface area contributed by atoms with E-state index in [-0.39, 0.29) is 12.0 Å². The summed E-state index contributed by atoms with van der Waals surface area (Å²) in [7, 11) is 2.07. The molecule has 0 N–H and O–H groups in total. The molecule has 1 aromatic heterocycles. The minimum absolute atomic E-state index is 0.146. The monoisotopic (exact) mass is 428 g/mol. The Morgan fingerprint density at radius 1 is 0.935 bits per heavy atom. The maximum absolute atomic E-state index is 12.7. The molecule has 1 aromatic carbocycles. The number of rotatable bonds is 5. The van der Waals surface area contributed by atoms with E-state index >= 15 is 0 Å². The Kier molecular flexibility index (Phi) is 6.72. The molecule has 3 heterocycles. The zero-order chi connectivity index (χ0) is 21.8. The van der Waals surface area contributed by atoms with Crippen molar-refractivity contribution in [3.8, 4) is 0 Å². The van der Waals surface area contributed by atoms with Crippen LogP contribution in [0.15, 0.2) is 24.3 Å². The van der Waals surface area contributed by atoms with Crippen molar-refractivity contribution in [2.75, 3.05) is 65.5 Å². The van der Waals surface area contributed by atoms with Crippen LogP contribution in [0.5, 0.6) is 0 Å². The van der Waals surface area contributed by atoms with E-state index in [1.54, 1.807) is 11.8 Å². The molecule has 0 aliphatic carbocycles. The van der Waals surface area contributed by atoms with Crippen LogP contribution in [0.1, 0.15) is 12.7 Å². The summed E-state index contributed by atoms with van der Waals surface area (Å²) in [5, 5.41) is 0. The Balaban J connectivity index is 1.22. The van der Waals surface area contributed by atoms with Crippen LogP contribution >= 0.6 is 0 Å². The van der Waals surface area contributed by atoms with E-state index in [1.165, 1.54) is 0 Å². The normalized spacial score (nSPS) is 18.5. The van der Waals surface area contributed by atoms with E-state index in [0.29, 0.717) is 39.3 Å². The zero-order valence-corrected chi connectivity index (χ0v) is 18.5. The highest BCUT2D eigenvalue weighted by Gasteiger charge is 2.27. The number of fused-ring (bicyclic) bond motifs is 1. The van der Waals surface area contributed by atoms with E-state index < -0.39 is 0 Å². The maximum atomic E-state index is 12.7. The zero-order valence-electron chi connectivity index (χ0n) is 18.5. The van der Waals surface area contributed by atoms with Crippen LogP contribution in [-0.4, -0.2) is 107 Å². The summed E-state index contributed by atoms with van der Waals surface area (Å²) in [5.41, 5.74) is 2.19. The molecule has 2 aliphatic heterocycles. The first-order valence-electron chi connectivity index (χ1n) is 11.1. The van der Waals surface area contributed by atoms with Crippen LogP contribution in [-0.2, 0) is 23.1 Å². The second-order valence-electron chi connectivity index (χ2n) is 8.19. The van der Waals surface area contributed by atoms with Crippen molar-refractivity contribution in [2.45, 2.75) is 13.5 Å². The predicted octanol–water partition coefficient (Wildman–Crippen LogP) is 0.992. The van der Waals surface area contributed by atoms with Crippen molar-refractivity contribution >= 4 is 23.0 Å². The lowest BCUT2D eigenvalue weighted by Gasteiger charge is -2.37. The first-order valence-corrected chi connectivity index (χ1v) is 11.1. The van der Waals surface area contributed by atoms with Gasteiger partial charge >= 0.3 is 6.09 Å². The smallest absolute Gasteiger partial charge is 0.409 e. The van der Waals surface area contributed by atoms with Gasteiger partial charge < -0.3 is 19.1 Å². The van der Waals surface area contributed by atoms with Gasteiger partial charge in [0.25, 0.3) is 0 Å². The summed E-state index contributed by atoms with van der Waals surface area (Å²) in [5.74, 6) is 1.22. The number of para-hydroxylation sites is 2. The van der Waals surface area contributed by atoms with E-state index in [2.05, 4.69) is 33.5 Å². The van der Waals surface area contributed by atoms with Gasteiger partial charge in [-0.1, -0.05) is 12.1 Å². The lowest BCUT2D eigenvalue weighted by Crippen LogP contribution is -2.54. The number of amides is 2. The molecule has 2 amide bonds. The number of ether oxygens (including phenoxy) is 1. The summed E-state index contributed by atoms with van der Waals surface area (Å²) >= 11 is 0. The molecule has 4 rings (SSSR count). The molecular formula is C22H32N6O3. The van der Waals surface area contributed by atoms with Crippen molar-refractivity contribution in [1.82, 2.24) is 29.2 Å².